The topological polar surface area (TPSA) is 65.9 Å². The third-order valence-electron chi connectivity index (χ3n) is 5.11. The maximum absolute atomic E-state index is 9.07. The number of aromatic nitrogens is 4. The molecule has 0 aromatic carbocycles. The first-order valence-electron chi connectivity index (χ1n) is 9.31. The Bertz CT molecular complexity index is 926. The molecule has 0 amide bonds. The van der Waals surface area contributed by atoms with Gasteiger partial charge >= 0.3 is 0 Å². The van der Waals surface area contributed by atoms with Crippen molar-refractivity contribution in [2.45, 2.75) is 32.0 Å². The molecule has 1 saturated heterocycles. The van der Waals surface area contributed by atoms with Crippen LogP contribution in [0, 0.1) is 16.1 Å². The minimum Gasteiger partial charge on any atom is -0.354 e. The fraction of sp³-hybridized carbons (Fsp3) is 0.474. The van der Waals surface area contributed by atoms with Gasteiger partial charge < -0.3 is 4.90 Å². The summed E-state index contributed by atoms with van der Waals surface area (Å²) in [5, 5.41) is 13.9. The van der Waals surface area contributed by atoms with E-state index in [1.54, 1.807) is 12.3 Å². The van der Waals surface area contributed by atoms with Crippen LogP contribution in [0.25, 0.3) is 0 Å². The van der Waals surface area contributed by atoms with Crippen LogP contribution in [-0.4, -0.2) is 50.4 Å². The Kier molecular flexibility index (Phi) is 5.05. The first kappa shape index (κ1) is 17.9. The number of piperazine rings is 1. The molecule has 140 valence electrons. The third-order valence-corrected chi connectivity index (χ3v) is 5.54. The summed E-state index contributed by atoms with van der Waals surface area (Å²) < 4.78 is 4.85. The monoisotopic (exact) mass is 381 g/mol. The number of nitriles is 1. The molecule has 0 bridgehead atoms. The Labute approximate surface area is 164 Å². The number of hydrogen-bond donors (Lipinski definition) is 0. The maximum atomic E-state index is 9.07. The number of anilines is 1. The lowest BCUT2D eigenvalue weighted by atomic mass is 10.2. The molecule has 2 aromatic heterocycles. The molecule has 0 radical (unpaired) electrons. The Morgan fingerprint density at radius 3 is 2.74 bits per heavy atom. The molecular formula is C19H23N7S. The van der Waals surface area contributed by atoms with Gasteiger partial charge in [-0.1, -0.05) is 6.08 Å². The molecule has 3 heterocycles. The zero-order chi connectivity index (χ0) is 18.8. The van der Waals surface area contributed by atoms with Crippen LogP contribution in [0.1, 0.15) is 30.1 Å². The van der Waals surface area contributed by atoms with E-state index < -0.39 is 0 Å². The van der Waals surface area contributed by atoms with Gasteiger partial charge in [-0.25, -0.2) is 9.67 Å². The van der Waals surface area contributed by atoms with Crippen LogP contribution in [0.5, 0.6) is 0 Å². The van der Waals surface area contributed by atoms with Crippen LogP contribution >= 0.6 is 12.2 Å². The second-order valence-corrected chi connectivity index (χ2v) is 7.44. The Morgan fingerprint density at radius 1 is 1.30 bits per heavy atom. The van der Waals surface area contributed by atoms with E-state index in [4.69, 9.17) is 22.6 Å². The second kappa shape index (κ2) is 7.62. The molecule has 1 aliphatic carbocycles. The lowest BCUT2D eigenvalue weighted by molar-refractivity contribution is 0.193. The van der Waals surface area contributed by atoms with Crippen molar-refractivity contribution in [2.24, 2.45) is 0 Å². The van der Waals surface area contributed by atoms with Crippen molar-refractivity contribution in [3.05, 3.63) is 47.1 Å². The number of rotatable bonds is 6. The van der Waals surface area contributed by atoms with E-state index in [1.165, 1.54) is 12.8 Å². The Hall–Kier alpha value is -2.50. The van der Waals surface area contributed by atoms with Crippen molar-refractivity contribution >= 4 is 18.0 Å². The summed E-state index contributed by atoms with van der Waals surface area (Å²) in [6.45, 7) is 8.84. The zero-order valence-corrected chi connectivity index (χ0v) is 16.1. The molecule has 1 aliphatic heterocycles. The molecule has 2 aliphatic rings. The predicted molar refractivity (Wildman–Crippen MR) is 106 cm³/mol. The largest absolute Gasteiger partial charge is 0.354 e. The summed E-state index contributed by atoms with van der Waals surface area (Å²) >= 11 is 5.66. The zero-order valence-electron chi connectivity index (χ0n) is 15.3. The van der Waals surface area contributed by atoms with Gasteiger partial charge in [0.05, 0.1) is 18.3 Å². The molecule has 0 atom stereocenters. The van der Waals surface area contributed by atoms with Crippen LogP contribution in [0.4, 0.5) is 5.82 Å². The van der Waals surface area contributed by atoms with Crippen molar-refractivity contribution in [2.75, 3.05) is 31.1 Å². The summed E-state index contributed by atoms with van der Waals surface area (Å²) in [6, 6.07) is 5.76. The van der Waals surface area contributed by atoms with E-state index in [0.29, 0.717) is 18.2 Å². The quantitative estimate of drug-likeness (QED) is 0.566. The molecule has 2 fully saturated rings. The first-order chi connectivity index (χ1) is 13.2. The minimum atomic E-state index is 0.559. The molecule has 27 heavy (non-hydrogen) atoms. The van der Waals surface area contributed by atoms with Gasteiger partial charge in [0.1, 0.15) is 11.6 Å². The molecular weight excluding hydrogens is 358 g/mol. The smallest absolute Gasteiger partial charge is 0.199 e. The normalized spacial score (nSPS) is 17.7. The van der Waals surface area contributed by atoms with Crippen molar-refractivity contribution in [1.82, 2.24) is 24.2 Å². The highest BCUT2D eigenvalue weighted by Gasteiger charge is 2.30. The van der Waals surface area contributed by atoms with Gasteiger partial charge in [0.2, 0.25) is 0 Å². The van der Waals surface area contributed by atoms with E-state index in [0.717, 1.165) is 49.1 Å². The van der Waals surface area contributed by atoms with E-state index in [-0.39, 0.29) is 0 Å². The third kappa shape index (κ3) is 3.80. The summed E-state index contributed by atoms with van der Waals surface area (Å²) in [5.74, 6) is 2.54. The maximum Gasteiger partial charge on any atom is 0.199 e. The van der Waals surface area contributed by atoms with Gasteiger partial charge in [-0.15, -0.1) is 6.58 Å². The van der Waals surface area contributed by atoms with E-state index in [1.807, 2.05) is 16.8 Å². The van der Waals surface area contributed by atoms with Crippen molar-refractivity contribution < 1.29 is 0 Å². The van der Waals surface area contributed by atoms with E-state index in [9.17, 15) is 0 Å². The van der Waals surface area contributed by atoms with E-state index >= 15 is 0 Å². The van der Waals surface area contributed by atoms with Crippen LogP contribution in [0.3, 0.4) is 0 Å². The fourth-order valence-electron chi connectivity index (χ4n) is 3.46. The molecule has 8 heteroatoms. The summed E-state index contributed by atoms with van der Waals surface area (Å²) in [7, 11) is 0. The SMILES string of the molecule is C=CCn1c(C2CC2)nn(CN2CCN(c3cc(C#N)ccn3)CC2)c1=S. The van der Waals surface area contributed by atoms with Crippen LogP contribution in [0.2, 0.25) is 0 Å². The number of hydrogen-bond acceptors (Lipinski definition) is 6. The van der Waals surface area contributed by atoms with Gasteiger partial charge in [0.15, 0.2) is 4.77 Å². The van der Waals surface area contributed by atoms with Gasteiger partial charge in [-0.05, 0) is 37.2 Å². The molecule has 2 aromatic rings. The van der Waals surface area contributed by atoms with Gasteiger partial charge in [-0.3, -0.25) is 9.47 Å². The minimum absolute atomic E-state index is 0.559. The van der Waals surface area contributed by atoms with Crippen LogP contribution in [0.15, 0.2) is 31.0 Å². The lowest BCUT2D eigenvalue weighted by Crippen LogP contribution is -2.47. The highest BCUT2D eigenvalue weighted by Crippen LogP contribution is 2.39. The molecule has 4 rings (SSSR count). The van der Waals surface area contributed by atoms with Gasteiger partial charge in [-0.2, -0.15) is 10.4 Å². The average Bonchev–Trinajstić information content (AvgIpc) is 3.50. The Balaban J connectivity index is 1.42. The molecule has 0 spiro atoms. The molecule has 1 saturated carbocycles. The highest BCUT2D eigenvalue weighted by atomic mass is 32.1. The van der Waals surface area contributed by atoms with Crippen LogP contribution < -0.4 is 4.90 Å². The van der Waals surface area contributed by atoms with E-state index in [2.05, 4.69) is 32.0 Å². The highest BCUT2D eigenvalue weighted by molar-refractivity contribution is 7.71. The standard InChI is InChI=1S/C19H23N7S/c1-2-7-25-18(16-3-4-16)22-26(19(25)27)14-23-8-10-24(11-9-23)17-12-15(13-20)5-6-21-17/h2,5-6,12,16H,1,3-4,7-11,14H2. The van der Waals surface area contributed by atoms with Gasteiger partial charge in [0, 0.05) is 44.8 Å². The van der Waals surface area contributed by atoms with Gasteiger partial charge in [0.25, 0.3) is 0 Å². The first-order valence-corrected chi connectivity index (χ1v) is 9.72. The van der Waals surface area contributed by atoms with Crippen LogP contribution in [-0.2, 0) is 13.2 Å². The fourth-order valence-corrected chi connectivity index (χ4v) is 3.73. The van der Waals surface area contributed by atoms with Crippen molar-refractivity contribution in [3.8, 4) is 6.07 Å². The molecule has 7 nitrogen and oxygen atoms in total. The second-order valence-electron chi connectivity index (χ2n) is 7.07. The Morgan fingerprint density at radius 2 is 2.07 bits per heavy atom. The summed E-state index contributed by atoms with van der Waals surface area (Å²) in [4.78, 5) is 8.99. The average molecular weight is 382 g/mol. The van der Waals surface area contributed by atoms with Crippen molar-refractivity contribution in [1.29, 1.82) is 5.26 Å². The number of allylic oxidation sites excluding steroid dienone is 1. The van der Waals surface area contributed by atoms with Crippen molar-refractivity contribution in [3.63, 3.8) is 0 Å². The lowest BCUT2D eigenvalue weighted by Gasteiger charge is -2.35. The summed E-state index contributed by atoms with van der Waals surface area (Å²) in [6.07, 6.45) is 5.99. The number of pyridine rings is 1. The molecule has 0 unspecified atom stereocenters. The molecule has 0 N–H and O–H groups in total. The predicted octanol–water partition coefficient (Wildman–Crippen LogP) is 2.52. The number of nitrogens with zero attached hydrogens (tertiary/aromatic N) is 7. The summed E-state index contributed by atoms with van der Waals surface area (Å²) in [5.41, 5.74) is 0.647.